The van der Waals surface area contributed by atoms with Gasteiger partial charge in [0.1, 0.15) is 18.3 Å². The summed E-state index contributed by atoms with van der Waals surface area (Å²) in [5, 5.41) is 0.219. The molecule has 1 fully saturated rings. The minimum Gasteiger partial charge on any atom is -0.414 e. The topological polar surface area (TPSA) is 46.2 Å². The average Bonchev–Trinajstić information content (AvgIpc) is 2.73. The van der Waals surface area contributed by atoms with Crippen LogP contribution in [0.15, 0.2) is 12.7 Å². The van der Waals surface area contributed by atoms with Crippen molar-refractivity contribution < 1.29 is 22.4 Å². The smallest absolute Gasteiger partial charge is 0.192 e. The van der Waals surface area contributed by atoms with E-state index in [-0.39, 0.29) is 50.7 Å². The predicted octanol–water partition coefficient (Wildman–Crippen LogP) is 10.5. The third kappa shape index (κ3) is 9.71. The van der Waals surface area contributed by atoms with Crippen LogP contribution in [0.1, 0.15) is 89.5 Å². The molecule has 0 aromatic rings. The van der Waals surface area contributed by atoms with Crippen molar-refractivity contribution in [2.75, 3.05) is 6.61 Å². The van der Waals surface area contributed by atoms with Crippen LogP contribution in [-0.4, -0.2) is 70.4 Å². The number of hydrogen-bond donors (Lipinski definition) is 0. The van der Waals surface area contributed by atoms with Crippen LogP contribution in [-0.2, 0) is 22.4 Å². The summed E-state index contributed by atoms with van der Waals surface area (Å²) < 4.78 is 36.1. The average molecular weight is 661 g/mol. The maximum Gasteiger partial charge on any atom is 0.192 e. The molecule has 0 bridgehead atoms. The van der Waals surface area contributed by atoms with E-state index >= 15 is 0 Å². The second kappa shape index (κ2) is 13.3. The van der Waals surface area contributed by atoms with E-state index in [1.165, 1.54) is 0 Å². The summed E-state index contributed by atoms with van der Waals surface area (Å²) >= 11 is 0. The molecule has 1 saturated heterocycles. The van der Waals surface area contributed by atoms with Crippen molar-refractivity contribution in [1.82, 2.24) is 0 Å². The molecular weight excluding hydrogens is 589 g/mol. The van der Waals surface area contributed by atoms with E-state index in [9.17, 15) is 0 Å². The van der Waals surface area contributed by atoms with Gasteiger partial charge in [0.2, 0.25) is 0 Å². The van der Waals surface area contributed by atoms with E-state index in [0.717, 1.165) is 0 Å². The van der Waals surface area contributed by atoms with E-state index in [1.54, 1.807) is 0 Å². The van der Waals surface area contributed by atoms with Crippen LogP contribution in [0.2, 0.25) is 72.5 Å². The van der Waals surface area contributed by atoms with Crippen molar-refractivity contribution in [2.45, 2.75) is 193 Å². The molecule has 0 radical (unpaired) electrons. The molecule has 0 saturated carbocycles. The fourth-order valence-corrected chi connectivity index (χ4v) is 8.91. The Morgan fingerprint density at radius 3 is 1.14 bits per heavy atom. The van der Waals surface area contributed by atoms with Crippen LogP contribution in [0.5, 0.6) is 0 Å². The molecule has 0 unspecified atom stereocenters. The molecule has 1 rings (SSSR count). The number of rotatable bonds is 11. The zero-order valence-electron chi connectivity index (χ0n) is 31.6. The van der Waals surface area contributed by atoms with Crippen molar-refractivity contribution in [2.24, 2.45) is 0 Å². The van der Waals surface area contributed by atoms with E-state index in [2.05, 4.69) is 142 Å². The first-order valence-corrected chi connectivity index (χ1v) is 27.9. The summed E-state index contributed by atoms with van der Waals surface area (Å²) in [7, 11) is -8.69. The molecule has 9 heteroatoms. The minimum absolute atomic E-state index is 0.0348. The van der Waals surface area contributed by atoms with Crippen LogP contribution in [0.4, 0.5) is 0 Å². The Balaban J connectivity index is 3.90. The lowest BCUT2D eigenvalue weighted by Crippen LogP contribution is -2.68. The second-order valence-corrected chi connectivity index (χ2v) is 37.9. The van der Waals surface area contributed by atoms with Crippen molar-refractivity contribution in [3.8, 4) is 0 Å². The fraction of sp³-hybridized carbons (Fsp3) is 0.939. The zero-order valence-corrected chi connectivity index (χ0v) is 35.6. The van der Waals surface area contributed by atoms with Gasteiger partial charge in [-0.15, -0.1) is 6.58 Å². The lowest BCUT2D eigenvalue weighted by Gasteiger charge is -2.55. The molecule has 0 aromatic carbocycles. The molecule has 0 aliphatic carbocycles. The largest absolute Gasteiger partial charge is 0.414 e. The van der Waals surface area contributed by atoms with Crippen LogP contribution < -0.4 is 0 Å². The summed E-state index contributed by atoms with van der Waals surface area (Å²) in [6.45, 7) is 50.9. The number of ether oxygens (including phenoxy) is 1. The summed E-state index contributed by atoms with van der Waals surface area (Å²) in [6, 6.07) is 0. The van der Waals surface area contributed by atoms with Crippen LogP contribution >= 0.6 is 0 Å². The second-order valence-electron chi connectivity index (χ2n) is 18.8. The molecule has 5 nitrogen and oxygen atoms in total. The minimum atomic E-state index is -2.23. The lowest BCUT2D eigenvalue weighted by molar-refractivity contribution is -0.214. The summed E-state index contributed by atoms with van der Waals surface area (Å²) in [5.74, 6) is 0. The van der Waals surface area contributed by atoms with E-state index in [1.807, 2.05) is 6.08 Å². The summed E-state index contributed by atoms with van der Waals surface area (Å²) in [4.78, 5) is 0. The lowest BCUT2D eigenvalue weighted by atomic mass is 9.93. The molecule has 5 atom stereocenters. The van der Waals surface area contributed by atoms with Gasteiger partial charge in [0, 0.05) is 0 Å². The van der Waals surface area contributed by atoms with Crippen molar-refractivity contribution in [3.63, 3.8) is 0 Å². The molecule has 1 aliphatic heterocycles. The maximum absolute atomic E-state index is 7.47. The molecule has 1 heterocycles. The fourth-order valence-electron chi connectivity index (χ4n) is 3.96. The Morgan fingerprint density at radius 1 is 0.524 bits per heavy atom. The summed E-state index contributed by atoms with van der Waals surface area (Å²) in [6.07, 6.45) is 1.42. The highest BCUT2D eigenvalue weighted by Crippen LogP contribution is 2.46. The first kappa shape index (κ1) is 40.4. The highest BCUT2D eigenvalue weighted by atomic mass is 28.4. The van der Waals surface area contributed by atoms with Gasteiger partial charge in [0.05, 0.1) is 18.8 Å². The van der Waals surface area contributed by atoms with Gasteiger partial charge in [0.25, 0.3) is 0 Å². The van der Waals surface area contributed by atoms with Gasteiger partial charge in [-0.2, -0.15) is 0 Å². The van der Waals surface area contributed by atoms with Crippen LogP contribution in [0.3, 0.4) is 0 Å². The molecule has 250 valence electrons. The highest BCUT2D eigenvalue weighted by molar-refractivity contribution is 6.75. The number of hydrogen-bond acceptors (Lipinski definition) is 5. The Labute approximate surface area is 266 Å². The Kier molecular flexibility index (Phi) is 12.8. The summed E-state index contributed by atoms with van der Waals surface area (Å²) in [5.41, 5.74) is 0. The maximum atomic E-state index is 7.47. The predicted molar refractivity (Wildman–Crippen MR) is 193 cm³/mol. The van der Waals surface area contributed by atoms with Crippen molar-refractivity contribution in [1.29, 1.82) is 0 Å². The Morgan fingerprint density at radius 2 is 0.833 bits per heavy atom. The van der Waals surface area contributed by atoms with Gasteiger partial charge in [-0.3, -0.25) is 0 Å². The zero-order chi connectivity index (χ0) is 33.5. The van der Waals surface area contributed by atoms with Crippen LogP contribution in [0.25, 0.3) is 0 Å². The highest BCUT2D eigenvalue weighted by Gasteiger charge is 2.56. The third-order valence-corrected chi connectivity index (χ3v) is 29.2. The van der Waals surface area contributed by atoms with Gasteiger partial charge in [-0.05, 0) is 78.9 Å². The monoisotopic (exact) mass is 660 g/mol. The van der Waals surface area contributed by atoms with Crippen molar-refractivity contribution in [3.05, 3.63) is 12.7 Å². The van der Waals surface area contributed by atoms with Gasteiger partial charge in [-0.1, -0.05) is 89.2 Å². The quantitative estimate of drug-likeness (QED) is 0.163. The standard InChI is InChI=1S/C33H72O5Si4/c1-22-23-25-27(36-40(16,17)31(5,6)7)29(38-42(20,21)33(11,12)13)28(37-41(18,19)32(8,9)10)26(35-25)24-34-39(14,15)30(2,3)4/h22,25-29H,1,23-24H2,2-21H3/t25-,26-,27+,28+,29-/m1/s1. The molecule has 0 aromatic heterocycles. The normalized spacial score (nSPS) is 26.0. The third-order valence-electron chi connectivity index (χ3n) is 11.3. The molecule has 0 N–H and O–H groups in total. The van der Waals surface area contributed by atoms with Gasteiger partial charge in [-0.25, -0.2) is 0 Å². The van der Waals surface area contributed by atoms with E-state index in [0.29, 0.717) is 13.0 Å². The first-order valence-electron chi connectivity index (χ1n) is 16.3. The molecule has 0 amide bonds. The van der Waals surface area contributed by atoms with Crippen molar-refractivity contribution >= 4 is 33.3 Å². The van der Waals surface area contributed by atoms with E-state index in [4.69, 9.17) is 22.4 Å². The molecule has 1 aliphatic rings. The van der Waals surface area contributed by atoms with Crippen LogP contribution in [0, 0.1) is 0 Å². The molecule has 0 spiro atoms. The van der Waals surface area contributed by atoms with Gasteiger partial charge >= 0.3 is 0 Å². The van der Waals surface area contributed by atoms with Gasteiger partial charge in [0.15, 0.2) is 33.3 Å². The Bertz CT molecular complexity index is 888. The van der Waals surface area contributed by atoms with Gasteiger partial charge < -0.3 is 22.4 Å². The molecular formula is C33H72O5Si4. The SMILES string of the molecule is C=CC[C@H]1O[C@H](CO[Si](C)(C)C(C)(C)C)[C@H](O[Si](C)(C)C(C)(C)C)[C@H](O[Si](C)(C)C(C)(C)C)[C@H]1O[Si](C)(C)C(C)(C)C. The molecule has 42 heavy (non-hydrogen) atoms. The first-order chi connectivity index (χ1) is 18.3. The van der Waals surface area contributed by atoms with E-state index < -0.39 is 33.3 Å². The Hall–Kier alpha value is 0.408.